The highest BCUT2D eigenvalue weighted by Crippen LogP contribution is 2.43. The molecule has 0 fully saturated rings. The third kappa shape index (κ3) is 6.42. The fourth-order valence-electron chi connectivity index (χ4n) is 7.02. The van der Waals surface area contributed by atoms with Gasteiger partial charge < -0.3 is 4.90 Å². The smallest absolute Gasteiger partial charge is 0.0645 e. The second-order valence-corrected chi connectivity index (χ2v) is 12.8. The zero-order chi connectivity index (χ0) is 41.5. The lowest BCUT2D eigenvalue weighted by atomic mass is 9.91. The van der Waals surface area contributed by atoms with Crippen LogP contribution in [0.4, 0.5) is 17.1 Å². The van der Waals surface area contributed by atoms with Gasteiger partial charge in [-0.15, -0.1) is 0 Å². The van der Waals surface area contributed by atoms with Crippen molar-refractivity contribution < 1.29 is 9.60 Å². The van der Waals surface area contributed by atoms with E-state index in [1.54, 1.807) is 4.90 Å². The lowest BCUT2D eigenvalue weighted by Crippen LogP contribution is -2.10. The van der Waals surface area contributed by atoms with Crippen LogP contribution in [0.25, 0.3) is 66.4 Å². The summed E-state index contributed by atoms with van der Waals surface area (Å²) in [5.41, 5.74) is 11.5. The number of fused-ring (bicyclic) bond motifs is 1. The van der Waals surface area contributed by atoms with Crippen LogP contribution in [0.2, 0.25) is 0 Å². The van der Waals surface area contributed by atoms with Crippen LogP contribution in [0.15, 0.2) is 224 Å². The standard InChI is InChI=1S/C52H37N/c1-5-16-39(17-6-1)47-34-30-44(36-50(47)42-20-9-3-10-21-42)38-28-31-45(32-29-38)53(52-27-15-25-41-24-13-14-26-49(41)52)46-33-35-48(40-18-7-2-8-19-40)51(37-46)43-22-11-4-12-23-43/h1-37H/i13D,14D,15D,24D,25D,26D,27D. The molecule has 0 spiro atoms. The minimum absolute atomic E-state index is 0.00785. The molecule has 9 aromatic carbocycles. The van der Waals surface area contributed by atoms with Crippen molar-refractivity contribution in [1.82, 2.24) is 0 Å². The van der Waals surface area contributed by atoms with Gasteiger partial charge >= 0.3 is 0 Å². The van der Waals surface area contributed by atoms with Gasteiger partial charge in [0.15, 0.2) is 0 Å². The van der Waals surface area contributed by atoms with Crippen LogP contribution in [0, 0.1) is 0 Å². The average Bonchev–Trinajstić information content (AvgIpc) is 3.31. The summed E-state index contributed by atoms with van der Waals surface area (Å²) in [5, 5.41) is -0.0942. The first kappa shape index (κ1) is 25.1. The summed E-state index contributed by atoms with van der Waals surface area (Å²) < 4.78 is 62.3. The Hall–Kier alpha value is -6.96. The van der Waals surface area contributed by atoms with Gasteiger partial charge in [0.25, 0.3) is 0 Å². The fraction of sp³-hybridized carbons (Fsp3) is 0. The first-order chi connectivity index (χ1) is 29.2. The predicted molar refractivity (Wildman–Crippen MR) is 226 cm³/mol. The van der Waals surface area contributed by atoms with Crippen molar-refractivity contribution in [3.05, 3.63) is 224 Å². The SMILES string of the molecule is [2H]c1c([2H])c([2H])c2c(N(c3ccc(-c4ccc(-c5ccccc5)c(-c5ccccc5)c4)cc3)c3ccc(-c4ccccc4)c(-c4ccccc4)c3)c([2H])c([2H])c([2H])c2c1[2H]. The van der Waals surface area contributed by atoms with Gasteiger partial charge in [0.1, 0.15) is 0 Å². The third-order valence-electron chi connectivity index (χ3n) is 9.60. The van der Waals surface area contributed by atoms with Gasteiger partial charge in [0, 0.05) is 16.8 Å². The highest BCUT2D eigenvalue weighted by atomic mass is 15.1. The Morgan fingerprint density at radius 3 is 1.36 bits per heavy atom. The molecule has 0 aromatic heterocycles. The van der Waals surface area contributed by atoms with Crippen molar-refractivity contribution in [3.63, 3.8) is 0 Å². The molecule has 0 atom stereocenters. The van der Waals surface area contributed by atoms with Gasteiger partial charge in [-0.3, -0.25) is 0 Å². The van der Waals surface area contributed by atoms with Crippen LogP contribution in [-0.4, -0.2) is 0 Å². The Kier molecular flexibility index (Phi) is 6.78. The van der Waals surface area contributed by atoms with E-state index in [1.807, 2.05) is 127 Å². The van der Waals surface area contributed by atoms with Crippen LogP contribution in [0.1, 0.15) is 9.60 Å². The number of rotatable bonds is 8. The molecule has 0 aliphatic rings. The molecule has 1 heteroatoms. The molecule has 0 N–H and O–H groups in total. The maximum absolute atomic E-state index is 9.40. The predicted octanol–water partition coefficient (Wildman–Crippen LogP) is 14.6. The maximum Gasteiger partial charge on any atom is 0.0645 e. The number of nitrogens with zero attached hydrogens (tertiary/aromatic N) is 1. The van der Waals surface area contributed by atoms with Crippen molar-refractivity contribution >= 4 is 27.8 Å². The zero-order valence-corrected chi connectivity index (χ0v) is 28.8. The molecule has 0 unspecified atom stereocenters. The topological polar surface area (TPSA) is 3.24 Å². The molecule has 0 saturated heterocycles. The van der Waals surface area contributed by atoms with Gasteiger partial charge in [-0.2, -0.15) is 0 Å². The van der Waals surface area contributed by atoms with E-state index in [0.717, 1.165) is 55.6 Å². The lowest BCUT2D eigenvalue weighted by Gasteiger charge is -2.28. The van der Waals surface area contributed by atoms with Gasteiger partial charge in [-0.05, 0) is 97.4 Å². The Bertz CT molecular complexity index is 3020. The number of benzene rings is 9. The molecule has 9 rings (SSSR count). The summed E-state index contributed by atoms with van der Waals surface area (Å²) in [7, 11) is 0. The monoisotopic (exact) mass is 682 g/mol. The van der Waals surface area contributed by atoms with Crippen LogP contribution in [0.5, 0.6) is 0 Å². The minimum Gasteiger partial charge on any atom is -0.310 e. The molecular weight excluding hydrogens is 639 g/mol. The summed E-state index contributed by atoms with van der Waals surface area (Å²) in [6.07, 6.45) is 0. The maximum atomic E-state index is 9.40. The van der Waals surface area contributed by atoms with Crippen molar-refractivity contribution in [1.29, 1.82) is 0 Å². The molecule has 9 aromatic rings. The van der Waals surface area contributed by atoms with E-state index in [2.05, 4.69) is 54.6 Å². The summed E-state index contributed by atoms with van der Waals surface area (Å²) >= 11 is 0. The number of anilines is 3. The first-order valence-electron chi connectivity index (χ1n) is 21.1. The molecule has 0 heterocycles. The Morgan fingerprint density at radius 2 is 0.774 bits per heavy atom. The molecule has 0 aliphatic heterocycles. The largest absolute Gasteiger partial charge is 0.310 e. The van der Waals surface area contributed by atoms with E-state index in [0.29, 0.717) is 11.4 Å². The van der Waals surface area contributed by atoms with Gasteiger partial charge in [-0.1, -0.05) is 188 Å². The summed E-state index contributed by atoms with van der Waals surface area (Å²) in [5.74, 6) is 0. The summed E-state index contributed by atoms with van der Waals surface area (Å²) in [4.78, 5) is 1.79. The van der Waals surface area contributed by atoms with E-state index >= 15 is 0 Å². The summed E-state index contributed by atoms with van der Waals surface area (Å²) in [6.45, 7) is 0. The zero-order valence-electron chi connectivity index (χ0n) is 35.8. The van der Waals surface area contributed by atoms with Gasteiger partial charge in [0.05, 0.1) is 15.3 Å². The Labute approximate surface area is 321 Å². The molecule has 0 radical (unpaired) electrons. The molecule has 0 aliphatic carbocycles. The average molecular weight is 683 g/mol. The normalized spacial score (nSPS) is 12.9. The lowest BCUT2D eigenvalue weighted by molar-refractivity contribution is 1.30. The van der Waals surface area contributed by atoms with Crippen LogP contribution < -0.4 is 4.90 Å². The molecule has 1 nitrogen and oxygen atoms in total. The third-order valence-corrected chi connectivity index (χ3v) is 9.60. The van der Waals surface area contributed by atoms with E-state index < -0.39 is 30.2 Å². The molecular formula is C52H37N. The van der Waals surface area contributed by atoms with Crippen molar-refractivity contribution in [3.8, 4) is 55.6 Å². The summed E-state index contributed by atoms with van der Waals surface area (Å²) in [6, 6.07) is 58.1. The Morgan fingerprint density at radius 1 is 0.321 bits per heavy atom. The Balaban J connectivity index is 1.28. The van der Waals surface area contributed by atoms with E-state index in [4.69, 9.17) is 8.22 Å². The number of hydrogen-bond donors (Lipinski definition) is 0. The minimum atomic E-state index is -0.494. The first-order valence-corrected chi connectivity index (χ1v) is 17.6. The molecule has 0 saturated carbocycles. The highest BCUT2D eigenvalue weighted by molar-refractivity contribution is 6.00. The molecule has 53 heavy (non-hydrogen) atoms. The quantitative estimate of drug-likeness (QED) is 0.154. The van der Waals surface area contributed by atoms with E-state index in [1.165, 1.54) is 0 Å². The molecule has 250 valence electrons. The molecule has 0 bridgehead atoms. The molecule has 0 amide bonds. The van der Waals surface area contributed by atoms with Gasteiger partial charge in [-0.25, -0.2) is 0 Å². The van der Waals surface area contributed by atoms with E-state index in [9.17, 15) is 1.37 Å². The van der Waals surface area contributed by atoms with Crippen molar-refractivity contribution in [2.24, 2.45) is 0 Å². The highest BCUT2D eigenvalue weighted by Gasteiger charge is 2.19. The van der Waals surface area contributed by atoms with Crippen LogP contribution in [-0.2, 0) is 0 Å². The second kappa shape index (κ2) is 14.3. The number of hydrogen-bond acceptors (Lipinski definition) is 1. The van der Waals surface area contributed by atoms with Crippen molar-refractivity contribution in [2.75, 3.05) is 4.90 Å². The van der Waals surface area contributed by atoms with E-state index in [-0.39, 0.29) is 28.5 Å². The second-order valence-electron chi connectivity index (χ2n) is 12.8. The van der Waals surface area contributed by atoms with Crippen LogP contribution >= 0.6 is 0 Å². The van der Waals surface area contributed by atoms with Crippen molar-refractivity contribution in [2.45, 2.75) is 0 Å². The van der Waals surface area contributed by atoms with Gasteiger partial charge in [0.2, 0.25) is 0 Å². The van der Waals surface area contributed by atoms with Crippen LogP contribution in [0.3, 0.4) is 0 Å². The fourth-order valence-corrected chi connectivity index (χ4v) is 7.02.